The number of morpholine rings is 1. The first-order chi connectivity index (χ1) is 11.2. The number of nitrogens with zero attached hydrogens (tertiary/aromatic N) is 2. The molecule has 0 radical (unpaired) electrons. The number of ether oxygens (including phenoxy) is 2. The summed E-state index contributed by atoms with van der Waals surface area (Å²) in [6.07, 6.45) is -4.87. The summed E-state index contributed by atoms with van der Waals surface area (Å²) in [5, 5.41) is 8.90. The number of rotatable bonds is 4. The van der Waals surface area contributed by atoms with Gasteiger partial charge in [-0.3, -0.25) is 4.79 Å². The molecule has 132 valence electrons. The fraction of sp³-hybridized carbons (Fsp3) is 0.462. The number of pyridine rings is 1. The Morgan fingerprint density at radius 1 is 1.38 bits per heavy atom. The standard InChI is InChI=1S/C13H14F3N3O5/c14-13(15,16)7-5-8(17)10(12(21)22)18-11(7)24-6-9(20)19-1-3-23-4-2-19/h5H,1-4,6,17H2,(H,21,22). The SMILES string of the molecule is Nc1cc(C(F)(F)F)c(OCC(=O)N2CCOCC2)nc1C(=O)O. The van der Waals surface area contributed by atoms with Crippen LogP contribution in [0.2, 0.25) is 0 Å². The lowest BCUT2D eigenvalue weighted by Crippen LogP contribution is -2.43. The average molecular weight is 349 g/mol. The summed E-state index contributed by atoms with van der Waals surface area (Å²) in [6, 6.07) is 0.422. The van der Waals surface area contributed by atoms with Gasteiger partial charge in [-0.25, -0.2) is 9.78 Å². The van der Waals surface area contributed by atoms with Crippen molar-refractivity contribution in [1.29, 1.82) is 0 Å². The molecule has 1 aromatic rings. The molecule has 1 saturated heterocycles. The highest BCUT2D eigenvalue weighted by molar-refractivity contribution is 5.91. The van der Waals surface area contributed by atoms with Crippen molar-refractivity contribution in [2.45, 2.75) is 6.18 Å². The molecule has 11 heteroatoms. The second kappa shape index (κ2) is 6.91. The molecule has 1 amide bonds. The average Bonchev–Trinajstić information content (AvgIpc) is 2.52. The lowest BCUT2D eigenvalue weighted by Gasteiger charge is -2.26. The fourth-order valence-corrected chi connectivity index (χ4v) is 2.03. The van der Waals surface area contributed by atoms with Crippen molar-refractivity contribution >= 4 is 17.6 Å². The van der Waals surface area contributed by atoms with E-state index in [0.29, 0.717) is 32.4 Å². The van der Waals surface area contributed by atoms with Crippen molar-refractivity contribution < 1.29 is 37.3 Å². The maximum absolute atomic E-state index is 13.0. The molecule has 0 unspecified atom stereocenters. The van der Waals surface area contributed by atoms with Gasteiger partial charge >= 0.3 is 12.1 Å². The zero-order valence-electron chi connectivity index (χ0n) is 12.3. The topological polar surface area (TPSA) is 115 Å². The van der Waals surface area contributed by atoms with Gasteiger partial charge in [0.2, 0.25) is 5.88 Å². The number of carboxylic acid groups (broad SMARTS) is 1. The van der Waals surface area contributed by atoms with E-state index in [1.165, 1.54) is 4.90 Å². The number of nitrogen functional groups attached to an aromatic ring is 1. The van der Waals surface area contributed by atoms with Crippen LogP contribution >= 0.6 is 0 Å². The highest BCUT2D eigenvalue weighted by Crippen LogP contribution is 2.37. The van der Waals surface area contributed by atoms with E-state index in [4.69, 9.17) is 20.3 Å². The quantitative estimate of drug-likeness (QED) is 0.819. The largest absolute Gasteiger partial charge is 0.476 e. The van der Waals surface area contributed by atoms with Gasteiger partial charge in [0.05, 0.1) is 18.9 Å². The van der Waals surface area contributed by atoms with Gasteiger partial charge in [-0.15, -0.1) is 0 Å². The summed E-state index contributed by atoms with van der Waals surface area (Å²) >= 11 is 0. The molecule has 2 heterocycles. The van der Waals surface area contributed by atoms with Crippen LogP contribution in [0.25, 0.3) is 0 Å². The van der Waals surface area contributed by atoms with E-state index in [1.54, 1.807) is 0 Å². The van der Waals surface area contributed by atoms with Crippen LogP contribution < -0.4 is 10.5 Å². The Labute approximate surface area is 134 Å². The van der Waals surface area contributed by atoms with Crippen LogP contribution in [0.1, 0.15) is 16.1 Å². The van der Waals surface area contributed by atoms with Crippen molar-refractivity contribution in [3.05, 3.63) is 17.3 Å². The Hall–Kier alpha value is -2.56. The third-order valence-corrected chi connectivity index (χ3v) is 3.22. The number of anilines is 1. The van der Waals surface area contributed by atoms with Gasteiger partial charge in [-0.05, 0) is 6.07 Å². The molecule has 1 fully saturated rings. The first kappa shape index (κ1) is 17.8. The second-order valence-corrected chi connectivity index (χ2v) is 4.86. The van der Waals surface area contributed by atoms with Gasteiger partial charge in [-0.2, -0.15) is 13.2 Å². The van der Waals surface area contributed by atoms with Crippen LogP contribution in [0.5, 0.6) is 5.88 Å². The Morgan fingerprint density at radius 2 is 2.00 bits per heavy atom. The molecule has 0 saturated carbocycles. The molecule has 0 bridgehead atoms. The molecule has 24 heavy (non-hydrogen) atoms. The highest BCUT2D eigenvalue weighted by Gasteiger charge is 2.37. The first-order valence-electron chi connectivity index (χ1n) is 6.79. The number of aromatic nitrogens is 1. The number of aromatic carboxylic acids is 1. The van der Waals surface area contributed by atoms with Crippen molar-refractivity contribution in [2.75, 3.05) is 38.6 Å². The van der Waals surface area contributed by atoms with Crippen LogP contribution in [0.3, 0.4) is 0 Å². The van der Waals surface area contributed by atoms with E-state index in [-0.39, 0.29) is 0 Å². The lowest BCUT2D eigenvalue weighted by molar-refractivity contribution is -0.142. The molecule has 0 aliphatic carbocycles. The van der Waals surface area contributed by atoms with E-state index in [9.17, 15) is 22.8 Å². The van der Waals surface area contributed by atoms with Crippen molar-refractivity contribution in [1.82, 2.24) is 9.88 Å². The van der Waals surface area contributed by atoms with Gasteiger partial charge in [0.1, 0.15) is 5.56 Å². The minimum atomic E-state index is -4.87. The second-order valence-electron chi connectivity index (χ2n) is 4.86. The van der Waals surface area contributed by atoms with Gasteiger partial charge in [-0.1, -0.05) is 0 Å². The summed E-state index contributed by atoms with van der Waals surface area (Å²) < 4.78 is 48.9. The van der Waals surface area contributed by atoms with Gasteiger partial charge in [0, 0.05) is 13.1 Å². The zero-order valence-corrected chi connectivity index (χ0v) is 12.3. The molecule has 1 aromatic heterocycles. The van der Waals surface area contributed by atoms with Crippen molar-refractivity contribution in [3.8, 4) is 5.88 Å². The molecule has 1 aliphatic rings. The smallest absolute Gasteiger partial charge is 0.421 e. The van der Waals surface area contributed by atoms with Crippen LogP contribution in [0, 0.1) is 0 Å². The summed E-state index contributed by atoms with van der Waals surface area (Å²) in [7, 11) is 0. The number of carboxylic acids is 1. The number of alkyl halides is 3. The van der Waals surface area contributed by atoms with Crippen LogP contribution in [-0.4, -0.2) is 59.8 Å². The maximum atomic E-state index is 13.0. The number of hydrogen-bond donors (Lipinski definition) is 2. The van der Waals surface area contributed by atoms with E-state index < -0.39 is 47.5 Å². The Bertz CT molecular complexity index is 644. The zero-order chi connectivity index (χ0) is 17.9. The van der Waals surface area contributed by atoms with Gasteiger partial charge in [0.25, 0.3) is 5.91 Å². The van der Waals surface area contributed by atoms with Gasteiger partial charge < -0.3 is 25.2 Å². The Kier molecular flexibility index (Phi) is 5.12. The molecule has 0 aromatic carbocycles. The van der Waals surface area contributed by atoms with Crippen LogP contribution in [-0.2, 0) is 15.7 Å². The summed E-state index contributed by atoms with van der Waals surface area (Å²) in [6.45, 7) is 0.526. The number of nitrogens with two attached hydrogens (primary N) is 1. The molecule has 0 spiro atoms. The predicted molar refractivity (Wildman–Crippen MR) is 73.5 cm³/mol. The number of carbonyl (C=O) groups is 2. The molecule has 1 aliphatic heterocycles. The first-order valence-corrected chi connectivity index (χ1v) is 6.79. The minimum Gasteiger partial charge on any atom is -0.476 e. The van der Waals surface area contributed by atoms with E-state index in [0.717, 1.165) is 0 Å². The molecular weight excluding hydrogens is 335 g/mol. The van der Waals surface area contributed by atoms with E-state index in [1.807, 2.05) is 0 Å². The highest BCUT2D eigenvalue weighted by atomic mass is 19.4. The van der Waals surface area contributed by atoms with E-state index >= 15 is 0 Å². The normalized spacial score (nSPS) is 15.2. The predicted octanol–water partition coefficient (Wildman–Crippen LogP) is 0.618. The number of hydrogen-bond acceptors (Lipinski definition) is 6. The molecule has 3 N–H and O–H groups in total. The third-order valence-electron chi connectivity index (χ3n) is 3.22. The summed E-state index contributed by atoms with van der Waals surface area (Å²) in [5.74, 6) is -3.16. The monoisotopic (exact) mass is 349 g/mol. The maximum Gasteiger partial charge on any atom is 0.421 e. The van der Waals surface area contributed by atoms with Crippen molar-refractivity contribution in [2.24, 2.45) is 0 Å². The summed E-state index contributed by atoms with van der Waals surface area (Å²) in [4.78, 5) is 27.5. The molecular formula is C13H14F3N3O5. The van der Waals surface area contributed by atoms with E-state index in [2.05, 4.69) is 4.98 Å². The Morgan fingerprint density at radius 3 is 2.54 bits per heavy atom. The molecule has 8 nitrogen and oxygen atoms in total. The fourth-order valence-electron chi connectivity index (χ4n) is 2.03. The van der Waals surface area contributed by atoms with Crippen LogP contribution in [0.4, 0.5) is 18.9 Å². The molecule has 0 atom stereocenters. The van der Waals surface area contributed by atoms with Crippen molar-refractivity contribution in [3.63, 3.8) is 0 Å². The minimum absolute atomic E-state index is 0.295. The van der Waals surface area contributed by atoms with Gasteiger partial charge in [0.15, 0.2) is 12.3 Å². The third kappa shape index (κ3) is 4.04. The number of carbonyl (C=O) groups excluding carboxylic acids is 1. The lowest BCUT2D eigenvalue weighted by atomic mass is 10.2. The number of amides is 1. The van der Waals surface area contributed by atoms with Crippen LogP contribution in [0.15, 0.2) is 6.07 Å². The Balaban J connectivity index is 2.22. The summed E-state index contributed by atoms with van der Waals surface area (Å²) in [5.41, 5.74) is 2.49. The number of halogens is 3. The molecule has 2 rings (SSSR count).